The van der Waals surface area contributed by atoms with E-state index in [1.54, 1.807) is 22.3 Å². The van der Waals surface area contributed by atoms with Crippen molar-refractivity contribution in [2.45, 2.75) is 178 Å². The zero-order chi connectivity index (χ0) is 46.0. The monoisotopic (exact) mass is 1060 g/mol. The first-order valence-electron chi connectivity index (χ1n) is 26.7. The van der Waals surface area contributed by atoms with Crippen LogP contribution >= 0.6 is 0 Å². The molecule has 0 amide bonds. The van der Waals surface area contributed by atoms with E-state index in [4.69, 9.17) is 0 Å². The molecule has 7 heteroatoms. The number of hydrogen-bond donors (Lipinski definition) is 0. The molecule has 366 valence electrons. The Morgan fingerprint density at radius 3 is 1.26 bits per heavy atom. The topological polar surface area (TPSA) is 0 Å². The summed E-state index contributed by atoms with van der Waals surface area (Å²) in [6.07, 6.45) is 26.9. The van der Waals surface area contributed by atoms with Crippen LogP contribution in [0.3, 0.4) is 0 Å². The maximum Gasteiger partial charge on any atom is -0.0162 e. The molecule has 0 aromatic heterocycles. The molecule has 69 heavy (non-hydrogen) atoms. The van der Waals surface area contributed by atoms with Gasteiger partial charge in [-0.2, -0.15) is 12.1 Å². The minimum absolute atomic E-state index is 0. The molecule has 6 aromatic carbocycles. The van der Waals surface area contributed by atoms with Gasteiger partial charge in [0, 0.05) is 0 Å². The second-order valence-corrected chi connectivity index (χ2v) is 31.2. The van der Waals surface area contributed by atoms with Crippen molar-refractivity contribution in [3.8, 4) is 22.3 Å². The maximum absolute atomic E-state index is 11.4. The predicted molar refractivity (Wildman–Crippen MR) is 274 cm³/mol. The van der Waals surface area contributed by atoms with Gasteiger partial charge in [0.25, 0.3) is 0 Å². The van der Waals surface area contributed by atoms with Crippen LogP contribution in [0.4, 0.5) is 13.2 Å². The molecule has 6 aromatic rings. The smallest absolute Gasteiger partial charge is 0.0162 e. The van der Waals surface area contributed by atoms with Crippen molar-refractivity contribution >= 4 is 27.0 Å². The number of benzene rings is 4. The largest absolute Gasteiger partial charge is 1.00 e. The molecule has 6 aliphatic carbocycles. The average Bonchev–Trinajstić information content (AvgIpc) is 4.23. The summed E-state index contributed by atoms with van der Waals surface area (Å²) in [6.45, 7) is 1.93. The predicted octanol–water partition coefficient (Wildman–Crippen LogP) is 12.9. The zero-order valence-corrected chi connectivity index (χ0v) is 46.0. The van der Waals surface area contributed by atoms with Gasteiger partial charge in [0.2, 0.25) is 0 Å². The number of hydrogen-bond acceptors (Lipinski definition) is 0. The maximum atomic E-state index is 11.4. The molecular formula is C62H73Cl2F3SiZr-2. The minimum Gasteiger partial charge on any atom is -1.00 e. The Morgan fingerprint density at radius 1 is 0.551 bits per heavy atom. The van der Waals surface area contributed by atoms with Gasteiger partial charge < -0.3 is 24.8 Å². The fraction of sp³-hybridized carbons (Fsp3) is 0.516. The van der Waals surface area contributed by atoms with Gasteiger partial charge in [-0.15, -0.1) is 69.1 Å². The van der Waals surface area contributed by atoms with Crippen molar-refractivity contribution < 1.29 is 61.3 Å². The number of fused-ring (bicyclic) bond motifs is 6. The van der Waals surface area contributed by atoms with E-state index >= 15 is 0 Å². The van der Waals surface area contributed by atoms with E-state index in [0.717, 1.165) is 23.7 Å². The SMILES string of the molecule is C[Si](=[Zr+2])CCC(F)(F)F.[Cl-].[Cl-].c1cc(-c2ccc(C3CCCCC3)cc2)c2cc(CC34CCC(CC3)C4)[cH-]c2c1.c1cc(-c2ccc(C3CCCCC3)cc2)c2cc(CC34CCC(CC3)C4)[cH-]c2c1. The number of rotatable bonds is 10. The molecule has 0 radical (unpaired) electrons. The summed E-state index contributed by atoms with van der Waals surface area (Å²) in [4.78, 5) is 0. The van der Waals surface area contributed by atoms with Crippen LogP contribution in [0.2, 0.25) is 12.6 Å². The van der Waals surface area contributed by atoms with Crippen LogP contribution in [0.1, 0.15) is 169 Å². The van der Waals surface area contributed by atoms with Crippen molar-refractivity contribution in [1.29, 1.82) is 0 Å². The first kappa shape index (κ1) is 52.9. The van der Waals surface area contributed by atoms with E-state index in [1.807, 2.05) is 6.55 Å². The molecule has 6 aliphatic rings. The molecule has 0 spiro atoms. The van der Waals surface area contributed by atoms with Crippen molar-refractivity contribution in [2.24, 2.45) is 22.7 Å². The van der Waals surface area contributed by atoms with Crippen LogP contribution < -0.4 is 24.8 Å². The Morgan fingerprint density at radius 2 is 0.942 bits per heavy atom. The fourth-order valence-corrected chi connectivity index (χ4v) is 15.9. The van der Waals surface area contributed by atoms with Crippen LogP contribution in [-0.4, -0.2) is 11.6 Å². The quantitative estimate of drug-likeness (QED) is 0.0947. The molecule has 6 saturated carbocycles. The van der Waals surface area contributed by atoms with Crippen molar-refractivity contribution in [3.63, 3.8) is 0 Å². The summed E-state index contributed by atoms with van der Waals surface area (Å²) in [5.41, 5.74) is 12.5. The van der Waals surface area contributed by atoms with E-state index in [1.165, 1.54) is 208 Å². The molecule has 0 heterocycles. The third-order valence-electron chi connectivity index (χ3n) is 17.9. The Hall–Kier alpha value is -2.43. The molecule has 0 nitrogen and oxygen atoms in total. The summed E-state index contributed by atoms with van der Waals surface area (Å²) >= 11 is 1.29. The molecule has 0 unspecified atom stereocenters. The summed E-state index contributed by atoms with van der Waals surface area (Å²) in [6, 6.07) is 43.3. The van der Waals surface area contributed by atoms with Gasteiger partial charge in [-0.1, -0.05) is 110 Å². The normalized spacial score (nSPS) is 24.3. The molecular weight excluding hydrogens is 992 g/mol. The zero-order valence-electron chi connectivity index (χ0n) is 41.1. The van der Waals surface area contributed by atoms with Gasteiger partial charge in [-0.3, -0.25) is 0 Å². The molecule has 0 atom stereocenters. The van der Waals surface area contributed by atoms with Crippen molar-refractivity contribution in [1.82, 2.24) is 0 Å². The second kappa shape index (κ2) is 23.2. The first-order valence-corrected chi connectivity index (χ1v) is 32.6. The van der Waals surface area contributed by atoms with Crippen LogP contribution in [0.15, 0.2) is 109 Å². The van der Waals surface area contributed by atoms with Crippen molar-refractivity contribution in [3.05, 3.63) is 131 Å². The van der Waals surface area contributed by atoms with Gasteiger partial charge in [-0.25, -0.2) is 0 Å². The third-order valence-corrected chi connectivity index (χ3v) is 20.8. The van der Waals surface area contributed by atoms with E-state index in [-0.39, 0.29) is 24.8 Å². The number of alkyl halides is 3. The fourth-order valence-electron chi connectivity index (χ4n) is 14.4. The third kappa shape index (κ3) is 12.9. The van der Waals surface area contributed by atoms with Crippen LogP contribution in [-0.2, 0) is 36.2 Å². The Balaban J connectivity index is 0.000000155. The Bertz CT molecular complexity index is 2420. The van der Waals surface area contributed by atoms with Gasteiger partial charge in [-0.05, 0) is 159 Å². The average molecular weight is 1070 g/mol. The van der Waals surface area contributed by atoms with E-state index in [9.17, 15) is 13.2 Å². The van der Waals surface area contributed by atoms with Crippen molar-refractivity contribution in [2.75, 3.05) is 0 Å². The van der Waals surface area contributed by atoms with Gasteiger partial charge in [0.15, 0.2) is 0 Å². The van der Waals surface area contributed by atoms with E-state index < -0.39 is 18.0 Å². The van der Waals surface area contributed by atoms with Crippen LogP contribution in [0.25, 0.3) is 43.8 Å². The standard InChI is InChI=1S/2C29H33.C4H7F3Si.2ClH.Zr/c2*1-2-5-23(6-3-1)24-9-11-25(12-10-24)27-8-4-7-26-17-22(18-28(26)27)20-29-15-13-21(19-29)14-16-29;1-8-3-2-4(5,6)7;;;/h2*4,7-12,17-18,21,23H,1-3,5-6,13-16,19-20H2;2-3H2,1H3;2*1H;/q2*-1;;;;+2/p-2. The van der Waals surface area contributed by atoms with Gasteiger partial charge >= 0.3 is 67.1 Å². The van der Waals surface area contributed by atoms with Crippen LogP contribution in [0, 0.1) is 22.7 Å². The molecule has 0 saturated heterocycles. The Kier molecular flexibility index (Phi) is 17.8. The summed E-state index contributed by atoms with van der Waals surface area (Å²) in [5.74, 6) is 3.66. The molecule has 0 aliphatic heterocycles. The molecule has 12 rings (SSSR count). The summed E-state index contributed by atoms with van der Waals surface area (Å²) < 4.78 is 34.3. The molecule has 4 bridgehead atoms. The van der Waals surface area contributed by atoms with E-state index in [0.29, 0.717) is 16.9 Å². The molecule has 0 N–H and O–H groups in total. The van der Waals surface area contributed by atoms with Crippen LogP contribution in [0.5, 0.6) is 0 Å². The Labute approximate surface area is 439 Å². The van der Waals surface area contributed by atoms with Gasteiger partial charge in [0.1, 0.15) is 0 Å². The first-order chi connectivity index (χ1) is 32.5. The summed E-state index contributed by atoms with van der Waals surface area (Å²) in [5, 5.41) is 5.77. The summed E-state index contributed by atoms with van der Waals surface area (Å²) in [7, 11) is 0. The second-order valence-electron chi connectivity index (χ2n) is 22.8. The van der Waals surface area contributed by atoms with Gasteiger partial charge in [0.05, 0.1) is 0 Å². The number of halogens is 5. The van der Waals surface area contributed by atoms with E-state index in [2.05, 4.69) is 109 Å². The molecule has 6 fully saturated rings. The minimum atomic E-state index is -3.93.